The summed E-state index contributed by atoms with van der Waals surface area (Å²) in [7, 11) is -5.09. The summed E-state index contributed by atoms with van der Waals surface area (Å²) in [5.41, 5.74) is 2.62. The van der Waals surface area contributed by atoms with Crippen molar-refractivity contribution in [1.82, 2.24) is 30.4 Å². The van der Waals surface area contributed by atoms with Gasteiger partial charge in [-0.3, -0.25) is 9.63 Å². The summed E-state index contributed by atoms with van der Waals surface area (Å²) in [5.74, 6) is -0.585. The summed E-state index contributed by atoms with van der Waals surface area (Å²) in [6, 6.07) is -2.35. The van der Waals surface area contributed by atoms with E-state index in [1.807, 2.05) is 0 Å². The number of fused-ring (bicyclic) bond motifs is 2. The fourth-order valence-electron chi connectivity index (χ4n) is 2.93. The minimum atomic E-state index is -5.09. The van der Waals surface area contributed by atoms with Crippen LogP contribution >= 0.6 is 0 Å². The molecule has 0 aliphatic carbocycles. The molecule has 2 atom stereocenters. The first-order valence-electron chi connectivity index (χ1n) is 7.95. The van der Waals surface area contributed by atoms with Crippen molar-refractivity contribution < 1.29 is 66.3 Å². The molecule has 3 amide bonds. The zero-order valence-corrected chi connectivity index (χ0v) is 17.7. The number of hydrogen-bond donors (Lipinski definition) is 2. The molecule has 0 radical (unpaired) electrons. The molecule has 2 aliphatic rings. The monoisotopic (exact) mass is 428 g/mol. The minimum absolute atomic E-state index is 0. The summed E-state index contributed by atoms with van der Waals surface area (Å²) in [6.07, 6.45) is 1.94. The third-order valence-corrected chi connectivity index (χ3v) is 4.45. The summed E-state index contributed by atoms with van der Waals surface area (Å²) in [5, 5.41) is 17.2. The Morgan fingerprint density at radius 1 is 1.43 bits per heavy atom. The summed E-state index contributed by atoms with van der Waals surface area (Å²) in [4.78, 5) is 31.9. The van der Waals surface area contributed by atoms with Crippen LogP contribution in [0.4, 0.5) is 4.79 Å². The average Bonchev–Trinajstić information content (AvgIpc) is 3.17. The molecule has 0 spiro atoms. The van der Waals surface area contributed by atoms with Gasteiger partial charge < -0.3 is 14.6 Å². The minimum Gasteiger partial charge on any atom is -0.724 e. The maximum Gasteiger partial charge on any atom is 1.00 e. The van der Waals surface area contributed by atoms with E-state index in [-0.39, 0.29) is 68.7 Å². The Kier molecular flexibility index (Phi) is 7.74. The maximum absolute atomic E-state index is 12.2. The van der Waals surface area contributed by atoms with Gasteiger partial charge in [0, 0.05) is 6.54 Å². The predicted molar refractivity (Wildman–Crippen MR) is 81.6 cm³/mol. The maximum atomic E-state index is 12.2. The van der Waals surface area contributed by atoms with Crippen LogP contribution in [-0.2, 0) is 37.5 Å². The van der Waals surface area contributed by atoms with E-state index in [1.54, 1.807) is 0 Å². The van der Waals surface area contributed by atoms with Crippen LogP contribution in [-0.4, -0.2) is 80.2 Å². The third-order valence-electron chi connectivity index (χ3n) is 4.11. The Balaban J connectivity index is 0.00000280. The van der Waals surface area contributed by atoms with Gasteiger partial charge in [-0.25, -0.2) is 18.7 Å². The van der Waals surface area contributed by atoms with Crippen molar-refractivity contribution in [3.8, 4) is 0 Å². The summed E-state index contributed by atoms with van der Waals surface area (Å²) in [6.45, 7) is 0.0863. The quantitative estimate of drug-likeness (QED) is 0.133. The smallest absolute Gasteiger partial charge is 0.724 e. The van der Waals surface area contributed by atoms with E-state index in [0.29, 0.717) is 10.8 Å². The molecule has 0 saturated carbocycles. The molecule has 14 nitrogen and oxygen atoms in total. The fraction of sp³-hybridized carbons (Fsp3) is 0.667. The fourth-order valence-corrected chi connectivity index (χ4v) is 3.31. The first kappa shape index (κ1) is 23.0. The number of piperidine rings is 1. The van der Waals surface area contributed by atoms with E-state index in [4.69, 9.17) is 9.94 Å². The van der Waals surface area contributed by atoms with Crippen molar-refractivity contribution in [2.24, 2.45) is 0 Å². The van der Waals surface area contributed by atoms with E-state index in [9.17, 15) is 22.6 Å². The molecule has 0 aromatic carbocycles. The topological polar surface area (TPSA) is 179 Å². The number of rotatable bonds is 8. The van der Waals surface area contributed by atoms with Gasteiger partial charge >= 0.3 is 35.6 Å². The number of aromatic nitrogens is 3. The molecule has 3 heterocycles. The molecule has 1 aromatic rings. The van der Waals surface area contributed by atoms with Crippen LogP contribution in [0.5, 0.6) is 0 Å². The SMILES string of the molecule is O=C(NOCCn1ncc(CO)n1)[C@@H]1CC[C@@H]2CN1C(=O)N2OS(=O)(=O)[O-].[Na+]. The number of aliphatic hydroxyl groups is 1. The van der Waals surface area contributed by atoms with Crippen LogP contribution in [0.2, 0.25) is 0 Å². The van der Waals surface area contributed by atoms with Gasteiger partial charge in [0.25, 0.3) is 5.91 Å². The number of hydroxylamine groups is 3. The van der Waals surface area contributed by atoms with E-state index in [1.165, 1.54) is 11.0 Å². The summed E-state index contributed by atoms with van der Waals surface area (Å²) < 4.78 is 36.4. The summed E-state index contributed by atoms with van der Waals surface area (Å²) >= 11 is 0. The van der Waals surface area contributed by atoms with Gasteiger partial charge in [0.15, 0.2) is 0 Å². The van der Waals surface area contributed by atoms with Gasteiger partial charge in [-0.15, -0.1) is 0 Å². The van der Waals surface area contributed by atoms with Crippen LogP contribution in [0, 0.1) is 0 Å². The van der Waals surface area contributed by atoms with Crippen LogP contribution in [0.15, 0.2) is 6.20 Å². The molecule has 2 N–H and O–H groups in total. The molecule has 3 rings (SSSR count). The van der Waals surface area contributed by atoms with Crippen molar-refractivity contribution in [3.63, 3.8) is 0 Å². The van der Waals surface area contributed by atoms with Crippen LogP contribution in [0.1, 0.15) is 18.5 Å². The Morgan fingerprint density at radius 3 is 2.82 bits per heavy atom. The normalized spacial score (nSPS) is 21.6. The number of aliphatic hydroxyl groups excluding tert-OH is 1. The molecular formula is C12H17N6NaO8S. The number of hydrogen-bond acceptors (Lipinski definition) is 10. The number of nitrogens with zero attached hydrogens (tertiary/aromatic N) is 5. The molecule has 2 bridgehead atoms. The van der Waals surface area contributed by atoms with Crippen molar-refractivity contribution in [2.75, 3.05) is 13.2 Å². The van der Waals surface area contributed by atoms with Crippen molar-refractivity contribution in [2.45, 2.75) is 38.1 Å². The van der Waals surface area contributed by atoms with Gasteiger partial charge in [-0.05, 0) is 12.8 Å². The van der Waals surface area contributed by atoms with E-state index in [0.717, 1.165) is 4.90 Å². The molecule has 150 valence electrons. The standard InChI is InChI=1S/C12H18N6O8S.Na/c19-7-8-5-13-17(14-8)3-4-25-15-11(20)10-2-1-9-6-16(10)12(21)18(9)26-27(22,23)24;/h5,9-10,19H,1-4,6-7H2,(H,15,20)(H,22,23,24);/q;+1/p-1/t9-,10+;/m1./s1. The van der Waals surface area contributed by atoms with Crippen LogP contribution in [0.3, 0.4) is 0 Å². The number of carbonyl (C=O) groups excluding carboxylic acids is 2. The van der Waals surface area contributed by atoms with Crippen molar-refractivity contribution in [1.29, 1.82) is 0 Å². The average molecular weight is 428 g/mol. The first-order valence-corrected chi connectivity index (χ1v) is 9.28. The van der Waals surface area contributed by atoms with E-state index < -0.39 is 34.4 Å². The Morgan fingerprint density at radius 2 is 2.18 bits per heavy atom. The van der Waals surface area contributed by atoms with Gasteiger partial charge in [-0.1, -0.05) is 0 Å². The predicted octanol–water partition coefficient (Wildman–Crippen LogP) is -5.52. The Hall–Kier alpha value is -1.33. The number of urea groups is 1. The number of nitrogens with one attached hydrogen (secondary N) is 1. The third kappa shape index (κ3) is 5.38. The Bertz CT molecular complexity index is 819. The number of amides is 3. The molecule has 16 heteroatoms. The zero-order valence-electron chi connectivity index (χ0n) is 14.9. The van der Waals surface area contributed by atoms with Gasteiger partial charge in [-0.2, -0.15) is 24.3 Å². The second-order valence-electron chi connectivity index (χ2n) is 5.90. The van der Waals surface area contributed by atoms with Crippen molar-refractivity contribution >= 4 is 22.3 Å². The largest absolute Gasteiger partial charge is 1.00 e. The molecular weight excluding hydrogens is 411 g/mol. The second kappa shape index (κ2) is 9.45. The van der Waals surface area contributed by atoms with E-state index in [2.05, 4.69) is 20.0 Å². The molecule has 2 fully saturated rings. The van der Waals surface area contributed by atoms with Crippen LogP contribution < -0.4 is 35.0 Å². The molecule has 0 unspecified atom stereocenters. The van der Waals surface area contributed by atoms with Gasteiger partial charge in [0.2, 0.25) is 10.4 Å². The van der Waals surface area contributed by atoms with Gasteiger partial charge in [0.05, 0.1) is 32.0 Å². The first-order chi connectivity index (χ1) is 12.8. The Labute approximate surface area is 181 Å². The van der Waals surface area contributed by atoms with Gasteiger partial charge in [0.1, 0.15) is 11.7 Å². The van der Waals surface area contributed by atoms with Crippen LogP contribution in [0.25, 0.3) is 0 Å². The zero-order chi connectivity index (χ0) is 19.6. The second-order valence-corrected chi connectivity index (χ2v) is 6.86. The molecule has 1 aromatic heterocycles. The molecule has 2 saturated heterocycles. The van der Waals surface area contributed by atoms with Crippen molar-refractivity contribution in [3.05, 3.63) is 11.9 Å². The van der Waals surface area contributed by atoms with E-state index >= 15 is 0 Å². The molecule has 28 heavy (non-hydrogen) atoms. The molecule has 2 aliphatic heterocycles. The number of carbonyl (C=O) groups is 2.